The van der Waals surface area contributed by atoms with Gasteiger partial charge < -0.3 is 29.2 Å². The summed E-state index contributed by atoms with van der Waals surface area (Å²) >= 11 is 0. The van der Waals surface area contributed by atoms with Crippen LogP contribution < -0.4 is 9.47 Å². The Labute approximate surface area is 167 Å². The number of hydrogen-bond acceptors (Lipinski definition) is 6. The number of ether oxygens (including phenoxy) is 4. The second-order valence-electron chi connectivity index (χ2n) is 8.02. The highest BCUT2D eigenvalue weighted by Crippen LogP contribution is 2.60. The predicted octanol–water partition coefficient (Wildman–Crippen LogP) is 2.70. The van der Waals surface area contributed by atoms with Crippen LogP contribution in [0.5, 0.6) is 11.5 Å². The van der Waals surface area contributed by atoms with Gasteiger partial charge in [-0.3, -0.25) is 0 Å². The van der Waals surface area contributed by atoms with E-state index in [2.05, 4.69) is 13.5 Å². The minimum absolute atomic E-state index is 0.0498. The van der Waals surface area contributed by atoms with Crippen molar-refractivity contribution < 1.29 is 29.2 Å². The van der Waals surface area contributed by atoms with Gasteiger partial charge in [-0.2, -0.15) is 0 Å². The first-order valence-corrected chi connectivity index (χ1v) is 9.77. The predicted molar refractivity (Wildman–Crippen MR) is 106 cm³/mol. The summed E-state index contributed by atoms with van der Waals surface area (Å²) in [5.41, 5.74) is 0.491. The van der Waals surface area contributed by atoms with Gasteiger partial charge in [0.2, 0.25) is 0 Å². The summed E-state index contributed by atoms with van der Waals surface area (Å²) < 4.78 is 22.5. The van der Waals surface area contributed by atoms with Crippen molar-refractivity contribution in [1.29, 1.82) is 0 Å². The van der Waals surface area contributed by atoms with Gasteiger partial charge in [0, 0.05) is 18.9 Å². The lowest BCUT2D eigenvalue weighted by molar-refractivity contribution is -0.286. The van der Waals surface area contributed by atoms with Crippen LogP contribution in [0.25, 0.3) is 0 Å². The van der Waals surface area contributed by atoms with Crippen LogP contribution in [0.15, 0.2) is 30.9 Å². The first-order valence-electron chi connectivity index (χ1n) is 9.77. The number of aliphatic hydroxyl groups excluding tert-OH is 1. The average Bonchev–Trinajstić information content (AvgIpc) is 2.88. The summed E-state index contributed by atoms with van der Waals surface area (Å²) in [5.74, 6) is -0.0182. The van der Waals surface area contributed by atoms with Crippen molar-refractivity contribution in [2.24, 2.45) is 11.3 Å². The van der Waals surface area contributed by atoms with Crippen molar-refractivity contribution in [3.05, 3.63) is 36.4 Å². The van der Waals surface area contributed by atoms with Gasteiger partial charge in [0.15, 0.2) is 17.3 Å². The summed E-state index contributed by atoms with van der Waals surface area (Å²) in [6.07, 6.45) is 2.41. The minimum Gasteiger partial charge on any atom is -0.493 e. The first-order chi connectivity index (χ1) is 13.3. The van der Waals surface area contributed by atoms with E-state index in [1.807, 2.05) is 24.3 Å². The Morgan fingerprint density at radius 1 is 1.21 bits per heavy atom. The molecule has 1 aromatic carbocycles. The molecule has 0 radical (unpaired) electrons. The van der Waals surface area contributed by atoms with Crippen molar-refractivity contribution in [1.82, 2.24) is 0 Å². The van der Waals surface area contributed by atoms with Gasteiger partial charge in [0.25, 0.3) is 0 Å². The molecule has 0 amide bonds. The Kier molecular flexibility index (Phi) is 6.05. The van der Waals surface area contributed by atoms with E-state index in [0.717, 1.165) is 5.56 Å². The topological polar surface area (TPSA) is 77.4 Å². The van der Waals surface area contributed by atoms with E-state index in [9.17, 15) is 10.2 Å². The minimum atomic E-state index is -1.41. The smallest absolute Gasteiger partial charge is 0.174 e. The number of allylic oxidation sites excluding steroid dienone is 1. The van der Waals surface area contributed by atoms with Crippen molar-refractivity contribution in [3.63, 3.8) is 0 Å². The highest BCUT2D eigenvalue weighted by Gasteiger charge is 2.66. The van der Waals surface area contributed by atoms with Crippen molar-refractivity contribution in [3.8, 4) is 11.5 Å². The van der Waals surface area contributed by atoms with Crippen molar-refractivity contribution in [2.45, 2.75) is 56.7 Å². The monoisotopic (exact) mass is 392 g/mol. The maximum atomic E-state index is 11.4. The fourth-order valence-corrected chi connectivity index (χ4v) is 5.07. The molecule has 6 nitrogen and oxygen atoms in total. The summed E-state index contributed by atoms with van der Waals surface area (Å²) in [6.45, 7) is 6.00. The maximum Gasteiger partial charge on any atom is 0.174 e. The Morgan fingerprint density at radius 2 is 1.93 bits per heavy atom. The van der Waals surface area contributed by atoms with E-state index in [-0.39, 0.29) is 24.5 Å². The molecule has 1 heterocycles. The lowest BCUT2D eigenvalue weighted by atomic mass is 9.60. The van der Waals surface area contributed by atoms with Gasteiger partial charge in [-0.15, -0.1) is 6.58 Å². The molecule has 0 bridgehead atoms. The van der Waals surface area contributed by atoms with Crippen molar-refractivity contribution >= 4 is 0 Å². The average molecular weight is 392 g/mol. The van der Waals surface area contributed by atoms with Crippen LogP contribution in [0.4, 0.5) is 0 Å². The number of fused-ring (bicyclic) bond motifs is 1. The SMILES string of the molecule is C=CC[C@]12C[C@@H](OC)[C@@H](O)C[C@]1(O)O[C@@H](Cc1ccc(OC)c(OC)c1)[C@H]2C. The third-order valence-electron chi connectivity index (χ3n) is 6.73. The molecule has 1 saturated carbocycles. The third kappa shape index (κ3) is 3.32. The number of aliphatic hydroxyl groups is 2. The van der Waals surface area contributed by atoms with Gasteiger partial charge in [-0.1, -0.05) is 19.1 Å². The molecule has 0 unspecified atom stereocenters. The van der Waals surface area contributed by atoms with E-state index in [1.54, 1.807) is 21.3 Å². The molecular formula is C22H32O6. The molecule has 1 saturated heterocycles. The number of benzene rings is 1. The van der Waals surface area contributed by atoms with Crippen LogP contribution in [-0.4, -0.2) is 55.6 Å². The van der Waals surface area contributed by atoms with E-state index in [4.69, 9.17) is 18.9 Å². The summed E-state index contributed by atoms with van der Waals surface area (Å²) in [6, 6.07) is 5.80. The molecule has 0 aromatic heterocycles. The van der Waals surface area contributed by atoms with Crippen molar-refractivity contribution in [2.75, 3.05) is 21.3 Å². The van der Waals surface area contributed by atoms with Gasteiger partial charge in [-0.25, -0.2) is 0 Å². The van der Waals surface area contributed by atoms with E-state index in [1.165, 1.54) is 0 Å². The molecular weight excluding hydrogens is 360 g/mol. The normalized spacial score (nSPS) is 37.4. The molecule has 28 heavy (non-hydrogen) atoms. The molecule has 1 aliphatic heterocycles. The molecule has 1 aliphatic carbocycles. The highest BCUT2D eigenvalue weighted by atomic mass is 16.6. The molecule has 2 fully saturated rings. The second kappa shape index (κ2) is 8.03. The zero-order valence-corrected chi connectivity index (χ0v) is 17.2. The van der Waals surface area contributed by atoms with Gasteiger partial charge in [0.1, 0.15) is 0 Å². The molecule has 2 N–H and O–H groups in total. The zero-order chi connectivity index (χ0) is 20.5. The Bertz CT molecular complexity index is 706. The quantitative estimate of drug-likeness (QED) is 0.695. The Hall–Kier alpha value is -1.60. The third-order valence-corrected chi connectivity index (χ3v) is 6.73. The van der Waals surface area contributed by atoms with Crippen LogP contribution >= 0.6 is 0 Å². The van der Waals surface area contributed by atoms with Gasteiger partial charge in [0.05, 0.1) is 32.5 Å². The van der Waals surface area contributed by atoms with Crippen LogP contribution in [0.1, 0.15) is 31.7 Å². The van der Waals surface area contributed by atoms with Crippen LogP contribution in [0.3, 0.4) is 0 Å². The molecule has 6 atom stereocenters. The Balaban J connectivity index is 1.90. The second-order valence-corrected chi connectivity index (χ2v) is 8.02. The highest BCUT2D eigenvalue weighted by molar-refractivity contribution is 5.43. The van der Waals surface area contributed by atoms with Crippen LogP contribution in [-0.2, 0) is 15.9 Å². The molecule has 156 valence electrons. The molecule has 0 spiro atoms. The zero-order valence-electron chi connectivity index (χ0n) is 17.2. The number of rotatable bonds is 7. The lowest BCUT2D eigenvalue weighted by Crippen LogP contribution is -2.58. The fraction of sp³-hybridized carbons (Fsp3) is 0.636. The summed E-state index contributed by atoms with van der Waals surface area (Å²) in [7, 11) is 4.82. The van der Waals surface area contributed by atoms with E-state index >= 15 is 0 Å². The fourth-order valence-electron chi connectivity index (χ4n) is 5.07. The lowest BCUT2D eigenvalue weighted by Gasteiger charge is -2.50. The summed E-state index contributed by atoms with van der Waals surface area (Å²) in [4.78, 5) is 0. The van der Waals surface area contributed by atoms with Crippen LogP contribution in [0, 0.1) is 11.3 Å². The largest absolute Gasteiger partial charge is 0.493 e. The van der Waals surface area contributed by atoms with Gasteiger partial charge >= 0.3 is 0 Å². The number of hydrogen-bond donors (Lipinski definition) is 2. The molecule has 6 heteroatoms. The number of methoxy groups -OCH3 is 3. The van der Waals surface area contributed by atoms with E-state index in [0.29, 0.717) is 30.8 Å². The molecule has 2 aliphatic rings. The maximum absolute atomic E-state index is 11.4. The molecule has 1 aromatic rings. The van der Waals surface area contributed by atoms with Crippen LogP contribution in [0.2, 0.25) is 0 Å². The standard InChI is InChI=1S/C22H32O6/c1-6-9-21-13-20(27-5)16(23)12-22(21,24)28-18(14(21)2)10-15-7-8-17(25-3)19(11-15)26-4/h6-8,11,14,16,18,20,23-24H,1,9-10,12-13H2,2-5H3/t14-,16+,18+,20-,21-,22+/m1/s1. The molecule has 3 rings (SSSR count). The summed E-state index contributed by atoms with van der Waals surface area (Å²) in [5, 5.41) is 21.9. The van der Waals surface area contributed by atoms with Gasteiger partial charge in [-0.05, 0) is 42.9 Å². The first kappa shape index (κ1) is 21.1. The van der Waals surface area contributed by atoms with E-state index < -0.39 is 17.3 Å². The Morgan fingerprint density at radius 3 is 2.54 bits per heavy atom.